The topological polar surface area (TPSA) is 24.5 Å². The van der Waals surface area contributed by atoms with Crippen molar-refractivity contribution in [2.24, 2.45) is 0 Å². The molecule has 88 valence electrons. The first kappa shape index (κ1) is 11.4. The van der Waals surface area contributed by atoms with E-state index in [2.05, 4.69) is 17.3 Å². The van der Waals surface area contributed by atoms with Crippen molar-refractivity contribution < 1.29 is 4.74 Å². The standard InChI is InChI=1S/C12H24N2O/c1-13-10-6-8-14(9-7-10)11-4-3-5-12(11)15-2/h10-13H,3-9H2,1-2H3. The Hall–Kier alpha value is -0.120. The van der Waals surface area contributed by atoms with Crippen LogP contribution in [0.1, 0.15) is 32.1 Å². The third kappa shape index (κ3) is 2.52. The molecule has 3 nitrogen and oxygen atoms in total. The fourth-order valence-electron chi connectivity index (χ4n) is 3.12. The Bertz CT molecular complexity index is 190. The van der Waals surface area contributed by atoms with Crippen LogP contribution < -0.4 is 5.32 Å². The van der Waals surface area contributed by atoms with Gasteiger partial charge in [-0.15, -0.1) is 0 Å². The average molecular weight is 212 g/mol. The maximum absolute atomic E-state index is 5.57. The first-order chi connectivity index (χ1) is 7.35. The third-order valence-corrected chi connectivity index (χ3v) is 4.13. The van der Waals surface area contributed by atoms with Gasteiger partial charge < -0.3 is 10.1 Å². The molecule has 1 aliphatic heterocycles. The van der Waals surface area contributed by atoms with Crippen molar-refractivity contribution in [2.75, 3.05) is 27.2 Å². The van der Waals surface area contributed by atoms with Crippen molar-refractivity contribution in [3.05, 3.63) is 0 Å². The molecule has 0 aromatic rings. The molecule has 2 rings (SSSR count). The summed E-state index contributed by atoms with van der Waals surface area (Å²) in [5.74, 6) is 0. The molecular formula is C12H24N2O. The lowest BCUT2D eigenvalue weighted by Crippen LogP contribution is -2.48. The first-order valence-electron chi connectivity index (χ1n) is 6.29. The van der Waals surface area contributed by atoms with Crippen molar-refractivity contribution in [2.45, 2.75) is 50.3 Å². The monoisotopic (exact) mass is 212 g/mol. The summed E-state index contributed by atoms with van der Waals surface area (Å²) in [6.45, 7) is 2.49. The maximum atomic E-state index is 5.57. The predicted molar refractivity (Wildman–Crippen MR) is 62.1 cm³/mol. The first-order valence-corrected chi connectivity index (χ1v) is 6.29. The largest absolute Gasteiger partial charge is 0.380 e. The minimum atomic E-state index is 0.496. The highest BCUT2D eigenvalue weighted by Gasteiger charge is 2.33. The fraction of sp³-hybridized carbons (Fsp3) is 1.00. The van der Waals surface area contributed by atoms with Crippen molar-refractivity contribution >= 4 is 0 Å². The Morgan fingerprint density at radius 1 is 1.13 bits per heavy atom. The molecule has 2 aliphatic rings. The van der Waals surface area contributed by atoms with E-state index in [0.29, 0.717) is 12.1 Å². The van der Waals surface area contributed by atoms with Gasteiger partial charge in [-0.1, -0.05) is 0 Å². The zero-order chi connectivity index (χ0) is 10.7. The molecule has 1 heterocycles. The molecule has 15 heavy (non-hydrogen) atoms. The summed E-state index contributed by atoms with van der Waals surface area (Å²) in [5.41, 5.74) is 0. The molecule has 0 bridgehead atoms. The Morgan fingerprint density at radius 3 is 2.47 bits per heavy atom. The smallest absolute Gasteiger partial charge is 0.0726 e. The zero-order valence-corrected chi connectivity index (χ0v) is 10.0. The molecule has 3 heteroatoms. The molecular weight excluding hydrogens is 188 g/mol. The minimum absolute atomic E-state index is 0.496. The molecule has 2 unspecified atom stereocenters. The molecule has 0 aromatic carbocycles. The number of piperidine rings is 1. The lowest BCUT2D eigenvalue weighted by Gasteiger charge is -2.38. The molecule has 1 aliphatic carbocycles. The number of ether oxygens (including phenoxy) is 1. The highest BCUT2D eigenvalue weighted by molar-refractivity contribution is 4.89. The highest BCUT2D eigenvalue weighted by atomic mass is 16.5. The maximum Gasteiger partial charge on any atom is 0.0726 e. The average Bonchev–Trinajstić information content (AvgIpc) is 2.77. The van der Waals surface area contributed by atoms with E-state index in [0.717, 1.165) is 6.04 Å². The van der Waals surface area contributed by atoms with Gasteiger partial charge in [0.2, 0.25) is 0 Å². The van der Waals surface area contributed by atoms with Crippen LogP contribution in [-0.4, -0.2) is 50.3 Å². The SMILES string of the molecule is CNC1CCN(C2CCCC2OC)CC1. The van der Waals surface area contributed by atoms with Gasteiger partial charge in [-0.3, -0.25) is 4.90 Å². The number of likely N-dealkylation sites (tertiary alicyclic amines) is 1. The van der Waals surface area contributed by atoms with E-state index in [4.69, 9.17) is 4.74 Å². The number of rotatable bonds is 3. The minimum Gasteiger partial charge on any atom is -0.380 e. The summed E-state index contributed by atoms with van der Waals surface area (Å²) >= 11 is 0. The van der Waals surface area contributed by atoms with Gasteiger partial charge in [-0.2, -0.15) is 0 Å². The predicted octanol–water partition coefficient (Wildman–Crippen LogP) is 1.24. The molecule has 0 spiro atoms. The Labute approximate surface area is 93.2 Å². The van der Waals surface area contributed by atoms with Crippen LogP contribution in [0.4, 0.5) is 0 Å². The van der Waals surface area contributed by atoms with Crippen molar-refractivity contribution in [3.8, 4) is 0 Å². The Kier molecular flexibility index (Phi) is 4.00. The molecule has 1 saturated carbocycles. The van der Waals surface area contributed by atoms with Gasteiger partial charge >= 0.3 is 0 Å². The summed E-state index contributed by atoms with van der Waals surface area (Å²) in [5, 5.41) is 3.38. The second kappa shape index (κ2) is 5.28. The van der Waals surface area contributed by atoms with Crippen molar-refractivity contribution in [1.29, 1.82) is 0 Å². The summed E-state index contributed by atoms with van der Waals surface area (Å²) in [6.07, 6.45) is 7.02. The van der Waals surface area contributed by atoms with E-state index in [1.807, 2.05) is 7.11 Å². The van der Waals surface area contributed by atoms with Gasteiger partial charge in [-0.25, -0.2) is 0 Å². The Morgan fingerprint density at radius 2 is 1.87 bits per heavy atom. The van der Waals surface area contributed by atoms with Crippen LogP contribution >= 0.6 is 0 Å². The third-order valence-electron chi connectivity index (χ3n) is 4.13. The number of methoxy groups -OCH3 is 1. The van der Waals surface area contributed by atoms with Gasteiger partial charge in [0.05, 0.1) is 6.10 Å². The van der Waals surface area contributed by atoms with Crippen molar-refractivity contribution in [3.63, 3.8) is 0 Å². The second-order valence-corrected chi connectivity index (χ2v) is 4.87. The molecule has 0 amide bonds. The van der Waals surface area contributed by atoms with E-state index < -0.39 is 0 Å². The van der Waals surface area contributed by atoms with E-state index in [1.165, 1.54) is 45.2 Å². The van der Waals surface area contributed by atoms with E-state index in [1.54, 1.807) is 0 Å². The summed E-state index contributed by atoms with van der Waals surface area (Å²) in [6, 6.07) is 1.44. The van der Waals surface area contributed by atoms with Crippen LogP contribution in [0.15, 0.2) is 0 Å². The zero-order valence-electron chi connectivity index (χ0n) is 10.0. The van der Waals surface area contributed by atoms with Gasteiger partial charge in [0.1, 0.15) is 0 Å². The number of nitrogens with zero attached hydrogens (tertiary/aromatic N) is 1. The van der Waals surface area contributed by atoms with Crippen LogP contribution in [0.2, 0.25) is 0 Å². The Balaban J connectivity index is 1.84. The van der Waals surface area contributed by atoms with E-state index in [9.17, 15) is 0 Å². The molecule has 2 fully saturated rings. The van der Waals surface area contributed by atoms with Crippen LogP contribution in [0, 0.1) is 0 Å². The second-order valence-electron chi connectivity index (χ2n) is 4.87. The van der Waals surface area contributed by atoms with Gasteiger partial charge in [0.15, 0.2) is 0 Å². The molecule has 0 radical (unpaired) electrons. The van der Waals surface area contributed by atoms with E-state index in [-0.39, 0.29) is 0 Å². The lowest BCUT2D eigenvalue weighted by molar-refractivity contribution is 0.0218. The van der Waals surface area contributed by atoms with Crippen LogP contribution in [0.3, 0.4) is 0 Å². The normalized spacial score (nSPS) is 34.8. The molecule has 2 atom stereocenters. The van der Waals surface area contributed by atoms with Gasteiger partial charge in [0.25, 0.3) is 0 Å². The lowest BCUT2D eigenvalue weighted by atomic mass is 10.0. The summed E-state index contributed by atoms with van der Waals surface area (Å²) in [7, 11) is 3.94. The number of hydrogen-bond acceptors (Lipinski definition) is 3. The fourth-order valence-corrected chi connectivity index (χ4v) is 3.12. The molecule has 1 saturated heterocycles. The van der Waals surface area contributed by atoms with Crippen LogP contribution in [0.5, 0.6) is 0 Å². The van der Waals surface area contributed by atoms with Gasteiger partial charge in [-0.05, 0) is 39.2 Å². The quantitative estimate of drug-likeness (QED) is 0.762. The molecule has 0 aromatic heterocycles. The van der Waals surface area contributed by atoms with Crippen molar-refractivity contribution in [1.82, 2.24) is 10.2 Å². The van der Waals surface area contributed by atoms with Gasteiger partial charge in [0, 0.05) is 32.3 Å². The molecule has 1 N–H and O–H groups in total. The summed E-state index contributed by atoms with van der Waals surface area (Å²) in [4.78, 5) is 2.65. The van der Waals surface area contributed by atoms with Crippen LogP contribution in [0.25, 0.3) is 0 Å². The number of hydrogen-bond donors (Lipinski definition) is 1. The highest BCUT2D eigenvalue weighted by Crippen LogP contribution is 2.28. The number of nitrogens with one attached hydrogen (secondary N) is 1. The summed E-state index contributed by atoms with van der Waals surface area (Å²) < 4.78 is 5.57. The van der Waals surface area contributed by atoms with E-state index >= 15 is 0 Å². The van der Waals surface area contributed by atoms with Crippen LogP contribution in [-0.2, 0) is 4.74 Å².